The third-order valence-corrected chi connectivity index (χ3v) is 2.65. The fourth-order valence-corrected chi connectivity index (χ4v) is 1.45. The lowest BCUT2D eigenvalue weighted by Crippen LogP contribution is -1.77. The zero-order chi connectivity index (χ0) is 9.68. The molecule has 13 heavy (non-hydrogen) atoms. The summed E-state index contributed by atoms with van der Waals surface area (Å²) in [5.41, 5.74) is 2.29. The second kappa shape index (κ2) is 5.46. The number of hydrogen-bond donors (Lipinski definition) is 0. The van der Waals surface area contributed by atoms with Crippen molar-refractivity contribution in [2.24, 2.45) is 0 Å². The van der Waals surface area contributed by atoms with Crippen molar-refractivity contribution in [2.75, 3.05) is 5.33 Å². The molecule has 0 unspecified atom stereocenters. The summed E-state index contributed by atoms with van der Waals surface area (Å²) in [6.45, 7) is 2.01. The highest BCUT2D eigenvalue weighted by Gasteiger charge is 1.93. The molecule has 1 aromatic rings. The molecule has 0 atom stereocenters. The molecule has 0 fully saturated rings. The third kappa shape index (κ3) is 3.53. The number of rotatable bonds is 3. The Kier molecular flexibility index (Phi) is 4.54. The molecule has 0 saturated heterocycles. The Bertz CT molecular complexity index is 305. The van der Waals surface area contributed by atoms with Crippen molar-refractivity contribution >= 4 is 33.6 Å². The molecule has 0 nitrogen and oxygen atoms in total. The van der Waals surface area contributed by atoms with E-state index in [1.165, 1.54) is 0 Å². The van der Waals surface area contributed by atoms with E-state index in [2.05, 4.69) is 34.1 Å². The molecule has 0 heterocycles. The van der Waals surface area contributed by atoms with Crippen molar-refractivity contribution in [3.63, 3.8) is 0 Å². The topological polar surface area (TPSA) is 0 Å². The van der Waals surface area contributed by atoms with Crippen LogP contribution in [0.1, 0.15) is 17.5 Å². The minimum Gasteiger partial charge on any atom is -0.0925 e. The monoisotopic (exact) mass is 258 g/mol. The van der Waals surface area contributed by atoms with Gasteiger partial charge in [0.1, 0.15) is 0 Å². The average Bonchev–Trinajstić information content (AvgIpc) is 2.12. The number of alkyl halides is 1. The summed E-state index contributed by atoms with van der Waals surface area (Å²) in [6.07, 6.45) is 5.27. The quantitative estimate of drug-likeness (QED) is 0.704. The maximum atomic E-state index is 5.98. The van der Waals surface area contributed by atoms with Gasteiger partial charge in [0.15, 0.2) is 0 Å². The zero-order valence-corrected chi connectivity index (χ0v) is 9.90. The van der Waals surface area contributed by atoms with Gasteiger partial charge in [-0.05, 0) is 30.5 Å². The molecule has 0 bridgehead atoms. The average molecular weight is 260 g/mol. The van der Waals surface area contributed by atoms with Crippen LogP contribution in [-0.2, 0) is 0 Å². The molecule has 70 valence electrons. The summed E-state index contributed by atoms with van der Waals surface area (Å²) in [5, 5.41) is 1.84. The van der Waals surface area contributed by atoms with E-state index in [1.54, 1.807) is 0 Å². The molecule has 1 aromatic carbocycles. The van der Waals surface area contributed by atoms with Gasteiger partial charge in [-0.1, -0.05) is 51.8 Å². The van der Waals surface area contributed by atoms with Crippen molar-refractivity contribution in [2.45, 2.75) is 13.3 Å². The summed E-state index contributed by atoms with van der Waals surface area (Å²) in [7, 11) is 0. The Hall–Kier alpha value is -0.270. The molecule has 0 aromatic heterocycles. The molecule has 0 spiro atoms. The Labute approximate surface area is 92.7 Å². The first-order valence-corrected chi connectivity index (χ1v) is 5.72. The second-order valence-corrected chi connectivity index (χ2v) is 4.09. The van der Waals surface area contributed by atoms with E-state index in [0.717, 1.165) is 27.9 Å². The smallest absolute Gasteiger partial charge is 0.0441 e. The van der Waals surface area contributed by atoms with Crippen LogP contribution < -0.4 is 0 Å². The fraction of sp³-hybridized carbons (Fsp3) is 0.273. The molecule has 2 heteroatoms. The third-order valence-electron chi connectivity index (χ3n) is 1.78. The molecule has 0 saturated carbocycles. The zero-order valence-electron chi connectivity index (χ0n) is 7.56. The SMILES string of the molecule is Cc1ccc(/C=C/CCBr)cc1Cl. The Morgan fingerprint density at radius 3 is 2.85 bits per heavy atom. The molecule has 0 radical (unpaired) electrons. The summed E-state index contributed by atoms with van der Waals surface area (Å²) in [6, 6.07) is 6.10. The Morgan fingerprint density at radius 2 is 2.23 bits per heavy atom. The highest BCUT2D eigenvalue weighted by Crippen LogP contribution is 2.17. The van der Waals surface area contributed by atoms with Crippen LogP contribution in [0.15, 0.2) is 24.3 Å². The van der Waals surface area contributed by atoms with Crippen LogP contribution in [0.2, 0.25) is 5.02 Å². The summed E-state index contributed by atoms with van der Waals surface area (Å²) >= 11 is 9.36. The van der Waals surface area contributed by atoms with Crippen molar-refractivity contribution in [3.05, 3.63) is 40.4 Å². The van der Waals surface area contributed by atoms with Crippen molar-refractivity contribution < 1.29 is 0 Å². The van der Waals surface area contributed by atoms with Gasteiger partial charge in [-0.2, -0.15) is 0 Å². The lowest BCUT2D eigenvalue weighted by molar-refractivity contribution is 1.27. The minimum atomic E-state index is 0.834. The van der Waals surface area contributed by atoms with E-state index in [-0.39, 0.29) is 0 Å². The van der Waals surface area contributed by atoms with Gasteiger partial charge in [-0.3, -0.25) is 0 Å². The van der Waals surface area contributed by atoms with Gasteiger partial charge in [0.25, 0.3) is 0 Å². The summed E-state index contributed by atoms with van der Waals surface area (Å²) in [5.74, 6) is 0. The van der Waals surface area contributed by atoms with Crippen LogP contribution in [-0.4, -0.2) is 5.33 Å². The predicted octanol–water partition coefficient (Wildman–Crippen LogP) is 4.45. The first-order chi connectivity index (χ1) is 6.24. The van der Waals surface area contributed by atoms with E-state index in [9.17, 15) is 0 Å². The van der Waals surface area contributed by atoms with E-state index in [0.29, 0.717) is 0 Å². The van der Waals surface area contributed by atoms with Gasteiger partial charge in [-0.15, -0.1) is 0 Å². The van der Waals surface area contributed by atoms with Crippen LogP contribution in [0.5, 0.6) is 0 Å². The van der Waals surface area contributed by atoms with Crippen LogP contribution in [0, 0.1) is 6.92 Å². The molecule has 0 amide bonds. The van der Waals surface area contributed by atoms with Gasteiger partial charge in [0.2, 0.25) is 0 Å². The summed E-state index contributed by atoms with van der Waals surface area (Å²) in [4.78, 5) is 0. The second-order valence-electron chi connectivity index (χ2n) is 2.89. The normalized spacial score (nSPS) is 11.0. The maximum absolute atomic E-state index is 5.98. The molecule has 0 aliphatic rings. The van der Waals surface area contributed by atoms with Gasteiger partial charge >= 0.3 is 0 Å². The molecule has 1 rings (SSSR count). The number of aryl methyl sites for hydroxylation is 1. The lowest BCUT2D eigenvalue weighted by atomic mass is 10.1. The van der Waals surface area contributed by atoms with Crippen LogP contribution in [0.4, 0.5) is 0 Å². The highest BCUT2D eigenvalue weighted by molar-refractivity contribution is 9.09. The largest absolute Gasteiger partial charge is 0.0925 e. The predicted molar refractivity (Wildman–Crippen MR) is 63.6 cm³/mol. The minimum absolute atomic E-state index is 0.834. The number of benzene rings is 1. The van der Waals surface area contributed by atoms with Crippen molar-refractivity contribution in [1.29, 1.82) is 0 Å². The molecule has 0 aliphatic heterocycles. The van der Waals surface area contributed by atoms with Crippen LogP contribution in [0.3, 0.4) is 0 Å². The van der Waals surface area contributed by atoms with Gasteiger partial charge in [-0.25, -0.2) is 0 Å². The van der Waals surface area contributed by atoms with Gasteiger partial charge in [0.05, 0.1) is 0 Å². The number of hydrogen-bond acceptors (Lipinski definition) is 0. The number of halogens is 2. The Balaban J connectivity index is 2.73. The molecule has 0 N–H and O–H groups in total. The fourth-order valence-electron chi connectivity index (χ4n) is 0.995. The first kappa shape index (κ1) is 10.8. The van der Waals surface area contributed by atoms with Crippen molar-refractivity contribution in [1.82, 2.24) is 0 Å². The molecule has 0 aliphatic carbocycles. The van der Waals surface area contributed by atoms with Crippen molar-refractivity contribution in [3.8, 4) is 0 Å². The lowest BCUT2D eigenvalue weighted by Gasteiger charge is -1.98. The standard InChI is InChI=1S/C11H12BrCl/c1-9-5-6-10(8-11(9)13)4-2-3-7-12/h2,4-6,8H,3,7H2,1H3/b4-2+. The van der Waals surface area contributed by atoms with E-state index >= 15 is 0 Å². The van der Waals surface area contributed by atoms with Crippen LogP contribution in [0.25, 0.3) is 6.08 Å². The molecular weight excluding hydrogens is 247 g/mol. The highest BCUT2D eigenvalue weighted by atomic mass is 79.9. The van der Waals surface area contributed by atoms with E-state index in [1.807, 2.05) is 19.1 Å². The number of allylic oxidation sites excluding steroid dienone is 1. The van der Waals surface area contributed by atoms with E-state index in [4.69, 9.17) is 11.6 Å². The van der Waals surface area contributed by atoms with Gasteiger partial charge in [0, 0.05) is 10.4 Å². The first-order valence-electron chi connectivity index (χ1n) is 4.22. The Morgan fingerprint density at radius 1 is 1.46 bits per heavy atom. The van der Waals surface area contributed by atoms with Gasteiger partial charge < -0.3 is 0 Å². The maximum Gasteiger partial charge on any atom is 0.0441 e. The van der Waals surface area contributed by atoms with E-state index < -0.39 is 0 Å². The van der Waals surface area contributed by atoms with Crippen LogP contribution >= 0.6 is 27.5 Å². The molecular formula is C11H12BrCl. The summed E-state index contributed by atoms with van der Waals surface area (Å²) < 4.78 is 0.